The lowest BCUT2D eigenvalue weighted by Gasteiger charge is -2.05. The maximum Gasteiger partial charge on any atom is 0.158 e. The molecule has 0 spiro atoms. The van der Waals surface area contributed by atoms with E-state index in [0.717, 1.165) is 34.5 Å². The first-order valence-electron chi connectivity index (χ1n) is 8.02. The van der Waals surface area contributed by atoms with Crippen LogP contribution in [0.5, 0.6) is 0 Å². The van der Waals surface area contributed by atoms with Crippen LogP contribution < -0.4 is 0 Å². The van der Waals surface area contributed by atoms with Crippen LogP contribution in [0.3, 0.4) is 0 Å². The average molecular weight is 326 g/mol. The number of pyridine rings is 1. The van der Waals surface area contributed by atoms with Gasteiger partial charge in [-0.1, -0.05) is 12.1 Å². The van der Waals surface area contributed by atoms with Crippen LogP contribution in [-0.4, -0.2) is 29.1 Å². The molecule has 0 radical (unpaired) electrons. The molecule has 4 heterocycles. The van der Waals surface area contributed by atoms with Crippen molar-refractivity contribution in [3.05, 3.63) is 84.8 Å². The SMILES string of the molecule is c1cnc2ccc(Cc3cnc4ccc(-n5ccnc5)nn34)cc2c1. The van der Waals surface area contributed by atoms with Gasteiger partial charge in [0.15, 0.2) is 11.5 Å². The highest BCUT2D eigenvalue weighted by molar-refractivity contribution is 5.79. The highest BCUT2D eigenvalue weighted by atomic mass is 15.3. The van der Waals surface area contributed by atoms with Crippen molar-refractivity contribution in [2.45, 2.75) is 6.42 Å². The van der Waals surface area contributed by atoms with Gasteiger partial charge in [-0.2, -0.15) is 0 Å². The summed E-state index contributed by atoms with van der Waals surface area (Å²) in [6.07, 6.45) is 9.81. The average Bonchev–Trinajstić information content (AvgIpc) is 3.32. The normalized spacial score (nSPS) is 11.4. The second kappa shape index (κ2) is 5.52. The molecule has 6 nitrogen and oxygen atoms in total. The summed E-state index contributed by atoms with van der Waals surface area (Å²) < 4.78 is 3.77. The lowest BCUT2D eigenvalue weighted by molar-refractivity contribution is 0.827. The van der Waals surface area contributed by atoms with E-state index >= 15 is 0 Å². The van der Waals surface area contributed by atoms with Gasteiger partial charge in [-0.15, -0.1) is 5.10 Å². The minimum atomic E-state index is 0.756. The van der Waals surface area contributed by atoms with Crippen molar-refractivity contribution >= 4 is 16.6 Å². The van der Waals surface area contributed by atoms with E-state index in [9.17, 15) is 0 Å². The number of aromatic nitrogens is 6. The Morgan fingerprint density at radius 3 is 2.88 bits per heavy atom. The number of rotatable bonds is 3. The highest BCUT2D eigenvalue weighted by Gasteiger charge is 2.08. The molecule has 6 heteroatoms. The van der Waals surface area contributed by atoms with Crippen molar-refractivity contribution in [3.8, 4) is 5.82 Å². The smallest absolute Gasteiger partial charge is 0.158 e. The molecule has 5 rings (SSSR count). The van der Waals surface area contributed by atoms with Crippen LogP contribution in [0.2, 0.25) is 0 Å². The van der Waals surface area contributed by atoms with Gasteiger partial charge in [-0.25, -0.2) is 14.5 Å². The van der Waals surface area contributed by atoms with Crippen LogP contribution >= 0.6 is 0 Å². The monoisotopic (exact) mass is 326 g/mol. The molecular weight excluding hydrogens is 312 g/mol. The van der Waals surface area contributed by atoms with Gasteiger partial charge in [0.2, 0.25) is 0 Å². The minimum Gasteiger partial charge on any atom is -0.289 e. The van der Waals surface area contributed by atoms with Crippen LogP contribution in [0, 0.1) is 0 Å². The Morgan fingerprint density at radius 1 is 0.960 bits per heavy atom. The minimum absolute atomic E-state index is 0.756. The molecule has 1 aromatic carbocycles. The molecule has 0 aliphatic carbocycles. The fourth-order valence-electron chi connectivity index (χ4n) is 3.01. The number of hydrogen-bond acceptors (Lipinski definition) is 4. The molecule has 0 aliphatic rings. The van der Waals surface area contributed by atoms with E-state index in [0.29, 0.717) is 0 Å². The van der Waals surface area contributed by atoms with Gasteiger partial charge in [0.25, 0.3) is 0 Å². The highest BCUT2D eigenvalue weighted by Crippen LogP contribution is 2.17. The number of fused-ring (bicyclic) bond motifs is 2. The van der Waals surface area contributed by atoms with E-state index in [1.807, 2.05) is 45.9 Å². The molecule has 0 amide bonds. The molecule has 0 N–H and O–H groups in total. The van der Waals surface area contributed by atoms with Gasteiger partial charge in [-0.3, -0.25) is 9.55 Å². The van der Waals surface area contributed by atoms with Gasteiger partial charge in [-0.05, 0) is 35.9 Å². The van der Waals surface area contributed by atoms with E-state index in [4.69, 9.17) is 5.10 Å². The third-order valence-electron chi connectivity index (χ3n) is 4.24. The zero-order valence-electron chi connectivity index (χ0n) is 13.3. The first-order valence-corrected chi connectivity index (χ1v) is 8.02. The third kappa shape index (κ3) is 2.44. The van der Waals surface area contributed by atoms with Crippen molar-refractivity contribution in [1.82, 2.24) is 29.1 Å². The summed E-state index contributed by atoms with van der Waals surface area (Å²) in [5, 5.41) is 5.84. The number of nitrogens with zero attached hydrogens (tertiary/aromatic N) is 6. The maximum absolute atomic E-state index is 4.70. The van der Waals surface area contributed by atoms with Crippen LogP contribution in [0.4, 0.5) is 0 Å². The predicted molar refractivity (Wildman–Crippen MR) is 94.7 cm³/mol. The van der Waals surface area contributed by atoms with E-state index in [1.165, 1.54) is 5.56 Å². The molecule has 4 aromatic heterocycles. The molecule has 0 atom stereocenters. The van der Waals surface area contributed by atoms with Crippen LogP contribution in [0.15, 0.2) is 73.6 Å². The Balaban J connectivity index is 1.56. The zero-order chi connectivity index (χ0) is 16.6. The fraction of sp³-hybridized carbons (Fsp3) is 0.0526. The number of imidazole rings is 2. The van der Waals surface area contributed by atoms with Gasteiger partial charge in [0, 0.05) is 30.4 Å². The summed E-state index contributed by atoms with van der Waals surface area (Å²) in [5.74, 6) is 0.812. The first-order chi connectivity index (χ1) is 12.4. The Morgan fingerprint density at radius 2 is 1.96 bits per heavy atom. The molecular formula is C19H14N6. The Kier molecular flexibility index (Phi) is 3.06. The molecule has 25 heavy (non-hydrogen) atoms. The summed E-state index contributed by atoms with van der Waals surface area (Å²) in [5.41, 5.74) is 4.09. The third-order valence-corrected chi connectivity index (χ3v) is 4.24. The van der Waals surface area contributed by atoms with E-state index in [-0.39, 0.29) is 0 Å². The quantitative estimate of drug-likeness (QED) is 0.511. The first kappa shape index (κ1) is 13.9. The van der Waals surface area contributed by atoms with E-state index in [2.05, 4.69) is 39.2 Å². The Labute approximate surface area is 143 Å². The summed E-state index contributed by atoms with van der Waals surface area (Å²) in [6.45, 7) is 0. The lowest BCUT2D eigenvalue weighted by atomic mass is 10.1. The van der Waals surface area contributed by atoms with Gasteiger partial charge in [0.05, 0.1) is 17.4 Å². The molecule has 0 saturated heterocycles. The zero-order valence-corrected chi connectivity index (χ0v) is 13.3. The molecule has 0 unspecified atom stereocenters. The van der Waals surface area contributed by atoms with Crippen LogP contribution in [-0.2, 0) is 6.42 Å². The van der Waals surface area contributed by atoms with E-state index < -0.39 is 0 Å². The fourth-order valence-corrected chi connectivity index (χ4v) is 3.01. The summed E-state index contributed by atoms with van der Waals surface area (Å²) in [7, 11) is 0. The molecule has 120 valence electrons. The molecule has 5 aromatic rings. The summed E-state index contributed by atoms with van der Waals surface area (Å²) in [6, 6.07) is 14.3. The maximum atomic E-state index is 4.70. The van der Waals surface area contributed by atoms with Gasteiger partial charge in [0.1, 0.15) is 6.33 Å². The second-order valence-electron chi connectivity index (χ2n) is 5.89. The van der Waals surface area contributed by atoms with Crippen molar-refractivity contribution in [2.24, 2.45) is 0 Å². The summed E-state index contributed by atoms with van der Waals surface area (Å²) in [4.78, 5) is 12.9. The van der Waals surface area contributed by atoms with E-state index in [1.54, 1.807) is 12.5 Å². The standard InChI is InChI=1S/C19H14N6/c1-2-15-10-14(3-4-17(15)21-7-1)11-16-12-22-18-5-6-19(23-25(16)18)24-9-8-20-13-24/h1-10,12-13H,11H2. The van der Waals surface area contributed by atoms with Crippen LogP contribution in [0.1, 0.15) is 11.3 Å². The van der Waals surface area contributed by atoms with Gasteiger partial charge < -0.3 is 0 Å². The van der Waals surface area contributed by atoms with Crippen molar-refractivity contribution in [2.75, 3.05) is 0 Å². The predicted octanol–water partition coefficient (Wildman–Crippen LogP) is 3.05. The van der Waals surface area contributed by atoms with Gasteiger partial charge >= 0.3 is 0 Å². The Hall–Kier alpha value is -3.54. The lowest BCUT2D eigenvalue weighted by Crippen LogP contribution is -2.03. The summed E-state index contributed by atoms with van der Waals surface area (Å²) >= 11 is 0. The number of benzene rings is 1. The second-order valence-corrected chi connectivity index (χ2v) is 5.89. The molecule has 0 fully saturated rings. The molecule has 0 saturated carbocycles. The van der Waals surface area contributed by atoms with Crippen molar-refractivity contribution in [3.63, 3.8) is 0 Å². The number of hydrogen-bond donors (Lipinski definition) is 0. The molecule has 0 aliphatic heterocycles. The van der Waals surface area contributed by atoms with Crippen molar-refractivity contribution < 1.29 is 0 Å². The Bertz CT molecular complexity index is 1170. The van der Waals surface area contributed by atoms with Crippen molar-refractivity contribution in [1.29, 1.82) is 0 Å². The topological polar surface area (TPSA) is 60.9 Å². The largest absolute Gasteiger partial charge is 0.289 e. The van der Waals surface area contributed by atoms with Crippen LogP contribution in [0.25, 0.3) is 22.4 Å². The molecule has 0 bridgehead atoms.